The molecule has 0 atom stereocenters. The molecule has 7 heteroatoms. The Bertz CT molecular complexity index is 1120. The van der Waals surface area contributed by atoms with E-state index < -0.39 is 0 Å². The maximum atomic E-state index is 5.96. The van der Waals surface area contributed by atoms with E-state index in [0.717, 1.165) is 28.2 Å². The Morgan fingerprint density at radius 3 is 2.59 bits per heavy atom. The van der Waals surface area contributed by atoms with Gasteiger partial charge in [0.05, 0.1) is 16.1 Å². The van der Waals surface area contributed by atoms with Crippen molar-refractivity contribution >= 4 is 34.3 Å². The third kappa shape index (κ3) is 4.27. The SMILES string of the molecule is CC(C)n1c(NCc2ccc(Oc3ccc(Cl)cn3)cc2)nc2ccc(N)cc21. The number of rotatable bonds is 6. The molecule has 148 valence electrons. The van der Waals surface area contributed by atoms with E-state index >= 15 is 0 Å². The summed E-state index contributed by atoms with van der Waals surface area (Å²) < 4.78 is 7.90. The molecule has 0 unspecified atom stereocenters. The molecule has 0 amide bonds. The van der Waals surface area contributed by atoms with Gasteiger partial charge in [-0.2, -0.15) is 0 Å². The van der Waals surface area contributed by atoms with E-state index in [-0.39, 0.29) is 6.04 Å². The fraction of sp³-hybridized carbons (Fsp3) is 0.182. The summed E-state index contributed by atoms with van der Waals surface area (Å²) in [5.41, 5.74) is 9.76. The Morgan fingerprint density at radius 1 is 1.10 bits per heavy atom. The van der Waals surface area contributed by atoms with Gasteiger partial charge in [-0.25, -0.2) is 9.97 Å². The summed E-state index contributed by atoms with van der Waals surface area (Å²) in [6.45, 7) is 4.91. The van der Waals surface area contributed by atoms with Crippen molar-refractivity contribution in [2.45, 2.75) is 26.4 Å². The first-order chi connectivity index (χ1) is 14.0. The number of aromatic nitrogens is 3. The third-order valence-corrected chi connectivity index (χ3v) is 4.75. The van der Waals surface area contributed by atoms with E-state index in [1.165, 1.54) is 0 Å². The van der Waals surface area contributed by atoms with Crippen LogP contribution in [0.5, 0.6) is 11.6 Å². The molecular formula is C22H22ClN5O. The molecule has 0 saturated heterocycles. The maximum Gasteiger partial charge on any atom is 0.219 e. The lowest BCUT2D eigenvalue weighted by molar-refractivity contribution is 0.463. The molecule has 0 aliphatic heterocycles. The van der Waals surface area contributed by atoms with Gasteiger partial charge in [0, 0.05) is 30.5 Å². The average molecular weight is 408 g/mol. The van der Waals surface area contributed by atoms with Crippen molar-refractivity contribution in [2.75, 3.05) is 11.1 Å². The molecule has 2 heterocycles. The first-order valence-corrected chi connectivity index (χ1v) is 9.77. The average Bonchev–Trinajstić information content (AvgIpc) is 3.07. The number of benzene rings is 2. The Balaban J connectivity index is 1.48. The highest BCUT2D eigenvalue weighted by Crippen LogP contribution is 2.27. The molecule has 0 saturated carbocycles. The number of ether oxygens (including phenoxy) is 1. The number of nitrogen functional groups attached to an aromatic ring is 1. The molecule has 2 aromatic heterocycles. The van der Waals surface area contributed by atoms with E-state index in [4.69, 9.17) is 27.1 Å². The second kappa shape index (κ2) is 8.01. The Morgan fingerprint density at radius 2 is 1.90 bits per heavy atom. The minimum Gasteiger partial charge on any atom is -0.439 e. The van der Waals surface area contributed by atoms with E-state index in [9.17, 15) is 0 Å². The fourth-order valence-electron chi connectivity index (χ4n) is 3.16. The Hall–Kier alpha value is -3.25. The largest absolute Gasteiger partial charge is 0.439 e. The van der Waals surface area contributed by atoms with Crippen molar-refractivity contribution in [1.82, 2.24) is 14.5 Å². The maximum absolute atomic E-state index is 5.96. The molecular weight excluding hydrogens is 386 g/mol. The van der Waals surface area contributed by atoms with Gasteiger partial charge in [-0.3, -0.25) is 0 Å². The smallest absolute Gasteiger partial charge is 0.219 e. The fourth-order valence-corrected chi connectivity index (χ4v) is 3.27. The normalized spacial score (nSPS) is 11.2. The summed E-state index contributed by atoms with van der Waals surface area (Å²) in [5.74, 6) is 2.05. The number of nitrogens with two attached hydrogens (primary N) is 1. The number of hydrogen-bond donors (Lipinski definition) is 2. The molecule has 4 rings (SSSR count). The summed E-state index contributed by atoms with van der Waals surface area (Å²) in [6, 6.07) is 17.4. The van der Waals surface area contributed by atoms with E-state index in [0.29, 0.717) is 23.2 Å². The molecule has 0 spiro atoms. The molecule has 0 aliphatic rings. The lowest BCUT2D eigenvalue weighted by atomic mass is 10.2. The molecule has 0 radical (unpaired) electrons. The van der Waals surface area contributed by atoms with Gasteiger partial charge in [0.25, 0.3) is 0 Å². The van der Waals surface area contributed by atoms with Crippen molar-refractivity contribution in [3.63, 3.8) is 0 Å². The summed E-state index contributed by atoms with van der Waals surface area (Å²) in [5, 5.41) is 4.02. The second-order valence-electron chi connectivity index (χ2n) is 7.06. The zero-order valence-electron chi connectivity index (χ0n) is 16.3. The van der Waals surface area contributed by atoms with Crippen LogP contribution in [0.3, 0.4) is 0 Å². The van der Waals surface area contributed by atoms with Gasteiger partial charge in [-0.05, 0) is 55.8 Å². The number of halogens is 1. The van der Waals surface area contributed by atoms with Crippen LogP contribution in [0.25, 0.3) is 11.0 Å². The Kier molecular flexibility index (Phi) is 5.27. The van der Waals surface area contributed by atoms with Crippen LogP contribution in [0.2, 0.25) is 5.02 Å². The predicted molar refractivity (Wildman–Crippen MR) is 118 cm³/mol. The Labute approximate surface area is 174 Å². The summed E-state index contributed by atoms with van der Waals surface area (Å²) in [7, 11) is 0. The van der Waals surface area contributed by atoms with Gasteiger partial charge in [0.15, 0.2) is 0 Å². The van der Waals surface area contributed by atoms with Gasteiger partial charge < -0.3 is 20.4 Å². The standard InChI is InChI=1S/C22H22ClN5O/c1-14(2)28-20-11-17(24)6-9-19(20)27-22(28)26-12-15-3-7-18(8-4-15)29-21-10-5-16(23)13-25-21/h3-11,13-14H,12,24H2,1-2H3,(H,26,27). The van der Waals surface area contributed by atoms with Crippen LogP contribution >= 0.6 is 11.6 Å². The van der Waals surface area contributed by atoms with Gasteiger partial charge >= 0.3 is 0 Å². The van der Waals surface area contributed by atoms with Crippen LogP contribution in [0, 0.1) is 0 Å². The van der Waals surface area contributed by atoms with Gasteiger partial charge in [0.2, 0.25) is 11.8 Å². The predicted octanol–water partition coefficient (Wildman–Crippen LogP) is 5.65. The quantitative estimate of drug-likeness (QED) is 0.403. The number of fused-ring (bicyclic) bond motifs is 1. The number of pyridine rings is 1. The summed E-state index contributed by atoms with van der Waals surface area (Å²) >= 11 is 5.85. The molecule has 6 nitrogen and oxygen atoms in total. The van der Waals surface area contributed by atoms with Crippen LogP contribution in [0.1, 0.15) is 25.5 Å². The van der Waals surface area contributed by atoms with Gasteiger partial charge in [-0.1, -0.05) is 23.7 Å². The summed E-state index contributed by atoms with van der Waals surface area (Å²) in [4.78, 5) is 8.86. The molecule has 2 aromatic carbocycles. The highest BCUT2D eigenvalue weighted by Gasteiger charge is 2.13. The summed E-state index contributed by atoms with van der Waals surface area (Å²) in [6.07, 6.45) is 1.56. The lowest BCUT2D eigenvalue weighted by Crippen LogP contribution is -2.09. The van der Waals surface area contributed by atoms with E-state index in [2.05, 4.69) is 28.7 Å². The lowest BCUT2D eigenvalue weighted by Gasteiger charge is -2.14. The van der Waals surface area contributed by atoms with Crippen LogP contribution < -0.4 is 15.8 Å². The zero-order valence-corrected chi connectivity index (χ0v) is 17.0. The zero-order chi connectivity index (χ0) is 20.4. The van der Waals surface area contributed by atoms with Gasteiger partial charge in [0.1, 0.15) is 5.75 Å². The minimum absolute atomic E-state index is 0.256. The topological polar surface area (TPSA) is 78.0 Å². The van der Waals surface area contributed by atoms with Crippen LogP contribution in [0.4, 0.5) is 11.6 Å². The molecule has 0 bridgehead atoms. The molecule has 0 fully saturated rings. The first kappa shape index (κ1) is 19.1. The van der Waals surface area contributed by atoms with Gasteiger partial charge in [-0.15, -0.1) is 0 Å². The molecule has 3 N–H and O–H groups in total. The van der Waals surface area contributed by atoms with Crippen molar-refractivity contribution in [2.24, 2.45) is 0 Å². The van der Waals surface area contributed by atoms with Crippen LogP contribution in [0.15, 0.2) is 60.8 Å². The van der Waals surface area contributed by atoms with Crippen LogP contribution in [-0.2, 0) is 6.54 Å². The minimum atomic E-state index is 0.256. The van der Waals surface area contributed by atoms with Crippen molar-refractivity contribution < 1.29 is 4.74 Å². The van der Waals surface area contributed by atoms with E-state index in [1.54, 1.807) is 18.3 Å². The highest BCUT2D eigenvalue weighted by molar-refractivity contribution is 6.30. The van der Waals surface area contributed by atoms with Crippen molar-refractivity contribution in [3.8, 4) is 11.6 Å². The third-order valence-electron chi connectivity index (χ3n) is 4.53. The monoisotopic (exact) mass is 407 g/mol. The number of nitrogens with one attached hydrogen (secondary N) is 1. The van der Waals surface area contributed by atoms with E-state index in [1.807, 2.05) is 42.5 Å². The van der Waals surface area contributed by atoms with Crippen LogP contribution in [-0.4, -0.2) is 14.5 Å². The molecule has 0 aliphatic carbocycles. The number of hydrogen-bond acceptors (Lipinski definition) is 5. The second-order valence-corrected chi connectivity index (χ2v) is 7.50. The van der Waals surface area contributed by atoms with Crippen molar-refractivity contribution in [1.29, 1.82) is 0 Å². The number of anilines is 2. The first-order valence-electron chi connectivity index (χ1n) is 9.39. The number of imidazole rings is 1. The number of nitrogens with zero attached hydrogens (tertiary/aromatic N) is 3. The highest BCUT2D eigenvalue weighted by atomic mass is 35.5. The molecule has 4 aromatic rings. The molecule has 29 heavy (non-hydrogen) atoms. The van der Waals surface area contributed by atoms with Crippen molar-refractivity contribution in [3.05, 3.63) is 71.4 Å².